The largest absolute Gasteiger partial charge is 0.493 e. The molecule has 0 unspecified atom stereocenters. The van der Waals surface area contributed by atoms with Crippen LogP contribution in [0.1, 0.15) is 24.1 Å². The molecule has 1 N–H and O–H groups in total. The van der Waals surface area contributed by atoms with E-state index in [1.165, 1.54) is 5.56 Å². The third-order valence-electron chi connectivity index (χ3n) is 4.98. The summed E-state index contributed by atoms with van der Waals surface area (Å²) in [6.07, 6.45) is 0.211. The van der Waals surface area contributed by atoms with Crippen molar-refractivity contribution in [3.8, 4) is 28.4 Å². The van der Waals surface area contributed by atoms with Gasteiger partial charge in [-0.15, -0.1) is 0 Å². The average molecular weight is 405 g/mol. The lowest BCUT2D eigenvalue weighted by Crippen LogP contribution is -2.28. The van der Waals surface area contributed by atoms with Gasteiger partial charge < -0.3 is 19.5 Å². The standard InChI is InChI=1S/C25H27NO4/c1-17(19-10-12-21(13-11-19)20-8-6-5-7-9-20)26-24(27)16-18-14-22(28-2)25(30-4)23(15-18)29-3/h5-15,17H,16H2,1-4H3,(H,26,27)/t17-/m0/s1. The fourth-order valence-corrected chi connectivity index (χ4v) is 3.39. The van der Waals surface area contributed by atoms with E-state index in [0.717, 1.165) is 16.7 Å². The van der Waals surface area contributed by atoms with Crippen molar-refractivity contribution in [1.29, 1.82) is 0 Å². The van der Waals surface area contributed by atoms with Gasteiger partial charge in [0.25, 0.3) is 0 Å². The van der Waals surface area contributed by atoms with Crippen LogP contribution in [-0.4, -0.2) is 27.2 Å². The molecule has 5 nitrogen and oxygen atoms in total. The maximum atomic E-state index is 12.6. The summed E-state index contributed by atoms with van der Waals surface area (Å²) in [5, 5.41) is 3.06. The first-order chi connectivity index (χ1) is 14.5. The van der Waals surface area contributed by atoms with Gasteiger partial charge in [-0.25, -0.2) is 0 Å². The Labute approximate surface area is 177 Å². The molecular formula is C25H27NO4. The van der Waals surface area contributed by atoms with Crippen molar-refractivity contribution in [3.63, 3.8) is 0 Å². The Morgan fingerprint density at radius 1 is 0.833 bits per heavy atom. The first kappa shape index (κ1) is 21.2. The molecule has 0 bridgehead atoms. The van der Waals surface area contributed by atoms with Gasteiger partial charge in [-0.2, -0.15) is 0 Å². The quantitative estimate of drug-likeness (QED) is 0.585. The normalized spacial score (nSPS) is 11.5. The Balaban J connectivity index is 1.67. The second kappa shape index (κ2) is 9.83. The van der Waals surface area contributed by atoms with Crippen LogP contribution in [0.5, 0.6) is 17.2 Å². The van der Waals surface area contributed by atoms with E-state index in [-0.39, 0.29) is 18.4 Å². The topological polar surface area (TPSA) is 56.8 Å². The van der Waals surface area contributed by atoms with Crippen LogP contribution in [0.25, 0.3) is 11.1 Å². The number of hydrogen-bond donors (Lipinski definition) is 1. The zero-order valence-corrected chi connectivity index (χ0v) is 17.8. The van der Waals surface area contributed by atoms with Crippen molar-refractivity contribution < 1.29 is 19.0 Å². The van der Waals surface area contributed by atoms with Crippen molar-refractivity contribution in [1.82, 2.24) is 5.32 Å². The van der Waals surface area contributed by atoms with E-state index >= 15 is 0 Å². The minimum absolute atomic E-state index is 0.0797. The Kier molecular flexibility index (Phi) is 6.96. The van der Waals surface area contributed by atoms with Crippen LogP contribution in [0.15, 0.2) is 66.7 Å². The second-order valence-electron chi connectivity index (χ2n) is 6.99. The minimum Gasteiger partial charge on any atom is -0.493 e. The molecule has 3 aromatic carbocycles. The molecule has 0 saturated carbocycles. The summed E-state index contributed by atoms with van der Waals surface area (Å²) in [6, 6.07) is 21.9. The minimum atomic E-state index is -0.107. The molecule has 3 aromatic rings. The maximum Gasteiger partial charge on any atom is 0.224 e. The number of carbonyl (C=O) groups is 1. The van der Waals surface area contributed by atoms with Gasteiger partial charge in [0.15, 0.2) is 11.5 Å². The zero-order valence-electron chi connectivity index (χ0n) is 17.8. The number of rotatable bonds is 8. The molecule has 30 heavy (non-hydrogen) atoms. The number of amides is 1. The lowest BCUT2D eigenvalue weighted by molar-refractivity contribution is -0.121. The molecule has 0 aliphatic rings. The van der Waals surface area contributed by atoms with Crippen molar-refractivity contribution in [3.05, 3.63) is 77.9 Å². The number of hydrogen-bond acceptors (Lipinski definition) is 4. The van der Waals surface area contributed by atoms with Crippen molar-refractivity contribution in [2.24, 2.45) is 0 Å². The first-order valence-corrected chi connectivity index (χ1v) is 9.79. The maximum absolute atomic E-state index is 12.6. The Bertz CT molecular complexity index is 959. The van der Waals surface area contributed by atoms with Crippen molar-refractivity contribution >= 4 is 5.91 Å². The van der Waals surface area contributed by atoms with E-state index in [2.05, 4.69) is 29.6 Å². The molecule has 0 aromatic heterocycles. The van der Waals surface area contributed by atoms with Gasteiger partial charge in [0.2, 0.25) is 11.7 Å². The van der Waals surface area contributed by atoms with Crippen LogP contribution in [0, 0.1) is 0 Å². The summed E-state index contributed by atoms with van der Waals surface area (Å²) in [5.41, 5.74) is 4.15. The van der Waals surface area contributed by atoms with E-state index in [1.54, 1.807) is 33.5 Å². The molecule has 3 rings (SSSR count). The molecule has 0 fully saturated rings. The molecule has 0 aliphatic carbocycles. The van der Waals surface area contributed by atoms with Gasteiger partial charge in [0.05, 0.1) is 33.8 Å². The van der Waals surface area contributed by atoms with Gasteiger partial charge in [-0.1, -0.05) is 54.6 Å². The Hall–Kier alpha value is -3.47. The third-order valence-corrected chi connectivity index (χ3v) is 4.98. The average Bonchev–Trinajstić information content (AvgIpc) is 2.78. The molecular weight excluding hydrogens is 378 g/mol. The van der Waals surface area contributed by atoms with E-state index in [9.17, 15) is 4.79 Å². The van der Waals surface area contributed by atoms with E-state index < -0.39 is 0 Å². The molecule has 5 heteroatoms. The van der Waals surface area contributed by atoms with E-state index in [4.69, 9.17) is 14.2 Å². The monoisotopic (exact) mass is 405 g/mol. The molecule has 156 valence electrons. The zero-order chi connectivity index (χ0) is 21.5. The van der Waals surface area contributed by atoms with Gasteiger partial charge in [-0.3, -0.25) is 4.79 Å². The number of benzene rings is 3. The van der Waals surface area contributed by atoms with Crippen LogP contribution in [0.2, 0.25) is 0 Å². The van der Waals surface area contributed by atoms with Crippen LogP contribution in [0.3, 0.4) is 0 Å². The van der Waals surface area contributed by atoms with Crippen LogP contribution in [-0.2, 0) is 11.2 Å². The van der Waals surface area contributed by atoms with E-state index in [1.807, 2.05) is 37.3 Å². The molecule has 0 spiro atoms. The molecule has 0 saturated heterocycles. The SMILES string of the molecule is COc1cc(CC(=O)N[C@@H](C)c2ccc(-c3ccccc3)cc2)cc(OC)c1OC. The van der Waals surface area contributed by atoms with Gasteiger partial charge in [0, 0.05) is 0 Å². The summed E-state index contributed by atoms with van der Waals surface area (Å²) in [7, 11) is 4.67. The summed E-state index contributed by atoms with van der Waals surface area (Å²) in [4.78, 5) is 12.6. The lowest BCUT2D eigenvalue weighted by Gasteiger charge is -2.17. The Morgan fingerprint density at radius 3 is 1.93 bits per heavy atom. The smallest absolute Gasteiger partial charge is 0.224 e. The van der Waals surface area contributed by atoms with Gasteiger partial charge in [-0.05, 0) is 41.3 Å². The van der Waals surface area contributed by atoms with Crippen LogP contribution in [0.4, 0.5) is 0 Å². The number of ether oxygens (including phenoxy) is 3. The highest BCUT2D eigenvalue weighted by Crippen LogP contribution is 2.38. The second-order valence-corrected chi connectivity index (χ2v) is 6.99. The van der Waals surface area contributed by atoms with Crippen LogP contribution < -0.4 is 19.5 Å². The van der Waals surface area contributed by atoms with Gasteiger partial charge >= 0.3 is 0 Å². The van der Waals surface area contributed by atoms with Gasteiger partial charge in [0.1, 0.15) is 0 Å². The molecule has 0 radical (unpaired) electrons. The molecule has 1 atom stereocenters. The van der Waals surface area contributed by atoms with Crippen molar-refractivity contribution in [2.45, 2.75) is 19.4 Å². The highest BCUT2D eigenvalue weighted by atomic mass is 16.5. The fourth-order valence-electron chi connectivity index (χ4n) is 3.39. The summed E-state index contributed by atoms with van der Waals surface area (Å²) < 4.78 is 16.1. The predicted molar refractivity (Wildman–Crippen MR) is 118 cm³/mol. The molecule has 0 aliphatic heterocycles. The summed E-state index contributed by atoms with van der Waals surface area (Å²) in [5.74, 6) is 1.49. The lowest BCUT2D eigenvalue weighted by atomic mass is 10.0. The number of methoxy groups -OCH3 is 3. The summed E-state index contributed by atoms with van der Waals surface area (Å²) >= 11 is 0. The highest BCUT2D eigenvalue weighted by molar-refractivity contribution is 5.79. The molecule has 1 amide bonds. The van der Waals surface area contributed by atoms with Crippen molar-refractivity contribution in [2.75, 3.05) is 21.3 Å². The fraction of sp³-hybridized carbons (Fsp3) is 0.240. The molecule has 0 heterocycles. The first-order valence-electron chi connectivity index (χ1n) is 9.79. The van der Waals surface area contributed by atoms with E-state index in [0.29, 0.717) is 17.2 Å². The third kappa shape index (κ3) is 4.92. The Morgan fingerprint density at radius 2 is 1.40 bits per heavy atom. The number of nitrogens with one attached hydrogen (secondary N) is 1. The highest BCUT2D eigenvalue weighted by Gasteiger charge is 2.16. The summed E-state index contributed by atoms with van der Waals surface area (Å²) in [6.45, 7) is 1.98. The van der Waals surface area contributed by atoms with Crippen LogP contribution >= 0.6 is 0 Å². The predicted octanol–water partition coefficient (Wildman–Crippen LogP) is 4.80. The number of carbonyl (C=O) groups excluding carboxylic acids is 1.